The summed E-state index contributed by atoms with van der Waals surface area (Å²) >= 11 is 0. The van der Waals surface area contributed by atoms with E-state index in [4.69, 9.17) is 13.9 Å². The van der Waals surface area contributed by atoms with E-state index in [0.29, 0.717) is 41.2 Å². The van der Waals surface area contributed by atoms with Gasteiger partial charge in [-0.15, -0.1) is 0 Å². The van der Waals surface area contributed by atoms with Gasteiger partial charge in [-0.2, -0.15) is 0 Å². The first-order chi connectivity index (χ1) is 17.4. The van der Waals surface area contributed by atoms with E-state index < -0.39 is 6.04 Å². The fourth-order valence-corrected chi connectivity index (χ4v) is 5.10. The van der Waals surface area contributed by atoms with Crippen LogP contribution in [0.4, 0.5) is 0 Å². The van der Waals surface area contributed by atoms with Gasteiger partial charge in [0.05, 0.1) is 30.7 Å². The molecule has 0 aliphatic carbocycles. The normalized spacial score (nSPS) is 15.0. The Hall–Kier alpha value is -3.28. The maximum atomic E-state index is 13.9. The van der Waals surface area contributed by atoms with Crippen LogP contribution in [0.1, 0.15) is 91.2 Å². The van der Waals surface area contributed by atoms with Gasteiger partial charge < -0.3 is 18.8 Å². The van der Waals surface area contributed by atoms with Crippen molar-refractivity contribution in [2.45, 2.75) is 72.3 Å². The Labute approximate surface area is 213 Å². The van der Waals surface area contributed by atoms with Crippen LogP contribution in [0.5, 0.6) is 11.5 Å². The van der Waals surface area contributed by atoms with E-state index in [0.717, 1.165) is 42.4 Å². The van der Waals surface area contributed by atoms with Crippen molar-refractivity contribution in [2.75, 3.05) is 20.3 Å². The van der Waals surface area contributed by atoms with E-state index in [1.54, 1.807) is 12.0 Å². The number of carbonyl (C=O) groups is 1. The van der Waals surface area contributed by atoms with Gasteiger partial charge in [-0.05, 0) is 61.6 Å². The van der Waals surface area contributed by atoms with Crippen LogP contribution in [0.3, 0.4) is 0 Å². The molecule has 0 bridgehead atoms. The zero-order valence-electron chi connectivity index (χ0n) is 22.1. The Balaban J connectivity index is 1.79. The lowest BCUT2D eigenvalue weighted by Gasteiger charge is -2.25. The molecule has 0 radical (unpaired) electrons. The maximum absolute atomic E-state index is 13.9. The van der Waals surface area contributed by atoms with Gasteiger partial charge in [0, 0.05) is 6.54 Å². The molecule has 1 aliphatic rings. The number of aryl methyl sites for hydroxylation is 2. The Morgan fingerprint density at radius 3 is 2.44 bits per heavy atom. The molecule has 192 valence electrons. The molecule has 0 saturated carbocycles. The summed E-state index contributed by atoms with van der Waals surface area (Å²) in [4.78, 5) is 29.2. The summed E-state index contributed by atoms with van der Waals surface area (Å²) in [7, 11) is 1.61. The second-order valence-electron chi connectivity index (χ2n) is 9.70. The highest BCUT2D eigenvalue weighted by molar-refractivity contribution is 5.99. The lowest BCUT2D eigenvalue weighted by Crippen LogP contribution is -2.30. The lowest BCUT2D eigenvalue weighted by molar-refractivity contribution is 0.0725. The summed E-state index contributed by atoms with van der Waals surface area (Å²) in [5.74, 6) is 1.17. The first kappa shape index (κ1) is 25.8. The van der Waals surface area contributed by atoms with Crippen LogP contribution >= 0.6 is 0 Å². The molecule has 2 aromatic carbocycles. The van der Waals surface area contributed by atoms with E-state index in [1.807, 2.05) is 44.2 Å². The van der Waals surface area contributed by atoms with Crippen molar-refractivity contribution in [3.63, 3.8) is 0 Å². The smallest absolute Gasteiger partial charge is 0.290 e. The van der Waals surface area contributed by atoms with Crippen molar-refractivity contribution in [2.24, 2.45) is 0 Å². The minimum atomic E-state index is -0.534. The molecular formula is C30H37NO5. The van der Waals surface area contributed by atoms with Crippen molar-refractivity contribution in [1.82, 2.24) is 4.90 Å². The average Bonchev–Trinajstić information content (AvgIpc) is 3.13. The number of ether oxygens (including phenoxy) is 2. The van der Waals surface area contributed by atoms with Crippen LogP contribution in [0.15, 0.2) is 39.5 Å². The minimum absolute atomic E-state index is 0.142. The second-order valence-corrected chi connectivity index (χ2v) is 9.70. The average molecular weight is 492 g/mol. The third kappa shape index (κ3) is 4.86. The zero-order chi connectivity index (χ0) is 25.8. The summed E-state index contributed by atoms with van der Waals surface area (Å²) in [5, 5.41) is 0.536. The molecule has 0 fully saturated rings. The SMILES string of the molecule is CCCCCCOc1ccc(C2c3c(oc4cc(C)cc(C)c4c3=O)C(=O)N2CCCC)cc1OC. The van der Waals surface area contributed by atoms with E-state index >= 15 is 0 Å². The van der Waals surface area contributed by atoms with Gasteiger partial charge in [0.2, 0.25) is 5.76 Å². The monoisotopic (exact) mass is 491 g/mol. The van der Waals surface area contributed by atoms with Gasteiger partial charge in [0.25, 0.3) is 5.91 Å². The van der Waals surface area contributed by atoms with Crippen molar-refractivity contribution in [3.8, 4) is 11.5 Å². The lowest BCUT2D eigenvalue weighted by atomic mass is 9.96. The molecule has 3 aromatic rings. The summed E-state index contributed by atoms with van der Waals surface area (Å²) in [5.41, 5.74) is 3.38. The molecule has 0 saturated heterocycles. The number of amides is 1. The van der Waals surface area contributed by atoms with Crippen molar-refractivity contribution in [1.29, 1.82) is 0 Å². The molecule has 0 N–H and O–H groups in total. The highest BCUT2D eigenvalue weighted by atomic mass is 16.5. The third-order valence-electron chi connectivity index (χ3n) is 6.92. The summed E-state index contributed by atoms with van der Waals surface area (Å²) in [6.07, 6.45) is 6.25. The number of hydrogen-bond donors (Lipinski definition) is 0. The van der Waals surface area contributed by atoms with E-state index in [9.17, 15) is 9.59 Å². The quantitative estimate of drug-likeness (QED) is 0.278. The molecule has 2 heterocycles. The van der Waals surface area contributed by atoms with Gasteiger partial charge >= 0.3 is 0 Å². The first-order valence-corrected chi connectivity index (χ1v) is 13.1. The number of rotatable bonds is 11. The van der Waals surface area contributed by atoms with Gasteiger partial charge in [-0.1, -0.05) is 51.7 Å². The molecule has 0 spiro atoms. The molecule has 1 atom stereocenters. The van der Waals surface area contributed by atoms with E-state index in [2.05, 4.69) is 13.8 Å². The van der Waals surface area contributed by atoms with Crippen molar-refractivity contribution >= 4 is 16.9 Å². The number of nitrogens with zero attached hydrogens (tertiary/aromatic N) is 1. The number of carbonyl (C=O) groups excluding carboxylic acids is 1. The Morgan fingerprint density at radius 1 is 0.944 bits per heavy atom. The Bertz CT molecular complexity index is 1310. The van der Waals surface area contributed by atoms with E-state index in [-0.39, 0.29) is 17.1 Å². The molecule has 1 unspecified atom stereocenters. The van der Waals surface area contributed by atoms with Gasteiger partial charge in [-0.3, -0.25) is 9.59 Å². The predicted molar refractivity (Wildman–Crippen MR) is 142 cm³/mol. The summed E-state index contributed by atoms with van der Waals surface area (Å²) in [6.45, 7) is 9.30. The Morgan fingerprint density at radius 2 is 1.72 bits per heavy atom. The molecule has 6 nitrogen and oxygen atoms in total. The van der Waals surface area contributed by atoms with Crippen molar-refractivity contribution < 1.29 is 18.7 Å². The molecule has 6 heteroatoms. The largest absolute Gasteiger partial charge is 0.493 e. The maximum Gasteiger partial charge on any atom is 0.290 e. The van der Waals surface area contributed by atoms with Crippen LogP contribution < -0.4 is 14.9 Å². The molecule has 1 amide bonds. The van der Waals surface area contributed by atoms with Crippen LogP contribution in [0.25, 0.3) is 11.0 Å². The molecule has 4 rings (SSSR count). The summed E-state index contributed by atoms with van der Waals surface area (Å²) in [6, 6.07) is 8.97. The number of fused-ring (bicyclic) bond motifs is 2. The van der Waals surface area contributed by atoms with Gasteiger partial charge in [0.1, 0.15) is 5.58 Å². The second kappa shape index (κ2) is 11.2. The predicted octanol–water partition coefficient (Wildman–Crippen LogP) is 6.72. The topological polar surface area (TPSA) is 69.0 Å². The van der Waals surface area contributed by atoms with Gasteiger partial charge in [-0.25, -0.2) is 0 Å². The zero-order valence-corrected chi connectivity index (χ0v) is 22.1. The number of methoxy groups -OCH3 is 1. The van der Waals surface area contributed by atoms with Crippen molar-refractivity contribution in [3.05, 3.63) is 68.6 Å². The van der Waals surface area contributed by atoms with E-state index in [1.165, 1.54) is 12.8 Å². The standard InChI is InChI=1S/C30H37NO5/c1-6-8-10-11-15-35-22-13-12-21(18-23(22)34-5)27-26-28(32)25-20(4)16-19(3)17-24(25)36-29(26)30(33)31(27)14-9-7-2/h12-13,16-18,27H,6-11,14-15H2,1-5H3. The fraction of sp³-hybridized carbons (Fsp3) is 0.467. The van der Waals surface area contributed by atoms with Crippen LogP contribution in [0.2, 0.25) is 0 Å². The molecule has 36 heavy (non-hydrogen) atoms. The number of unbranched alkanes of at least 4 members (excludes halogenated alkanes) is 4. The number of benzene rings is 2. The van der Waals surface area contributed by atoms with Crippen LogP contribution in [-0.4, -0.2) is 31.1 Å². The minimum Gasteiger partial charge on any atom is -0.493 e. The van der Waals surface area contributed by atoms with Crippen LogP contribution in [-0.2, 0) is 0 Å². The molecule has 1 aliphatic heterocycles. The van der Waals surface area contributed by atoms with Crippen LogP contribution in [0, 0.1) is 13.8 Å². The number of hydrogen-bond acceptors (Lipinski definition) is 5. The Kier molecular flexibility index (Phi) is 8.02. The first-order valence-electron chi connectivity index (χ1n) is 13.1. The highest BCUT2D eigenvalue weighted by Gasteiger charge is 2.42. The van der Waals surface area contributed by atoms with Gasteiger partial charge in [0.15, 0.2) is 16.9 Å². The third-order valence-corrected chi connectivity index (χ3v) is 6.92. The molecule has 1 aromatic heterocycles. The fourth-order valence-electron chi connectivity index (χ4n) is 5.10. The highest BCUT2D eigenvalue weighted by Crippen LogP contribution is 2.41. The molecular weight excluding hydrogens is 454 g/mol. The summed E-state index contributed by atoms with van der Waals surface area (Å²) < 4.78 is 17.8.